The first kappa shape index (κ1) is 15.5. The van der Waals surface area contributed by atoms with E-state index >= 15 is 0 Å². The first-order valence-corrected chi connectivity index (χ1v) is 8.48. The van der Waals surface area contributed by atoms with Crippen LogP contribution in [0.15, 0.2) is 72.1 Å². The molecule has 112 valence electrons. The molecule has 1 heterocycles. The third-order valence-corrected chi connectivity index (χ3v) is 5.00. The van der Waals surface area contributed by atoms with Gasteiger partial charge < -0.3 is 4.57 Å². The predicted molar refractivity (Wildman–Crippen MR) is 93.7 cm³/mol. The molecule has 1 aromatic heterocycles. The largest absolute Gasteiger partial charge is 0.324 e. The minimum atomic E-state index is 0.227. The third kappa shape index (κ3) is 4.07. The molecule has 22 heavy (non-hydrogen) atoms. The second-order valence-electron chi connectivity index (χ2n) is 4.87. The van der Waals surface area contributed by atoms with Gasteiger partial charge in [0.05, 0.1) is 11.7 Å². The Morgan fingerprint density at radius 1 is 0.955 bits per heavy atom. The monoisotopic (exact) mass is 348 g/mol. The SMILES string of the molecule is Clc1ccc(CC(Sc2ccc(Cl)cc2)n2ccnc2)cc1. The standard InChI is InChI=1S/C17H14Cl2N2S/c18-14-3-1-13(2-4-14)11-17(21-10-9-20-12-21)22-16-7-5-15(19)6-8-16/h1-10,12,17H,11H2. The lowest BCUT2D eigenvalue weighted by molar-refractivity contribution is 0.674. The van der Waals surface area contributed by atoms with Gasteiger partial charge in [-0.2, -0.15) is 0 Å². The van der Waals surface area contributed by atoms with Crippen LogP contribution in [-0.2, 0) is 6.42 Å². The fourth-order valence-corrected chi connectivity index (χ4v) is 3.52. The Labute approximate surface area is 144 Å². The highest BCUT2D eigenvalue weighted by Gasteiger charge is 2.13. The summed E-state index contributed by atoms with van der Waals surface area (Å²) in [7, 11) is 0. The van der Waals surface area contributed by atoms with E-state index in [0.29, 0.717) is 0 Å². The summed E-state index contributed by atoms with van der Waals surface area (Å²) < 4.78 is 2.12. The number of hydrogen-bond donors (Lipinski definition) is 0. The molecule has 0 aliphatic carbocycles. The van der Waals surface area contributed by atoms with Crippen LogP contribution in [0.5, 0.6) is 0 Å². The summed E-state index contributed by atoms with van der Waals surface area (Å²) in [5.41, 5.74) is 1.24. The Hall–Kier alpha value is -1.42. The lowest BCUT2D eigenvalue weighted by Gasteiger charge is -2.18. The lowest BCUT2D eigenvalue weighted by Crippen LogP contribution is -2.06. The maximum atomic E-state index is 5.96. The van der Waals surface area contributed by atoms with E-state index in [-0.39, 0.29) is 5.37 Å². The molecular weight excluding hydrogens is 335 g/mol. The number of nitrogens with zero attached hydrogens (tertiary/aromatic N) is 2. The number of imidazole rings is 1. The zero-order chi connectivity index (χ0) is 15.4. The van der Waals surface area contributed by atoms with Gasteiger partial charge in [-0.15, -0.1) is 11.8 Å². The molecule has 1 unspecified atom stereocenters. The van der Waals surface area contributed by atoms with Crippen molar-refractivity contribution in [3.8, 4) is 0 Å². The first-order valence-electron chi connectivity index (χ1n) is 6.85. The quantitative estimate of drug-likeness (QED) is 0.548. The summed E-state index contributed by atoms with van der Waals surface area (Å²) in [6.45, 7) is 0. The Morgan fingerprint density at radius 2 is 1.59 bits per heavy atom. The summed E-state index contributed by atoms with van der Waals surface area (Å²) in [4.78, 5) is 5.34. The van der Waals surface area contributed by atoms with E-state index in [2.05, 4.69) is 21.7 Å². The molecule has 3 rings (SSSR count). The highest BCUT2D eigenvalue weighted by atomic mass is 35.5. The van der Waals surface area contributed by atoms with Crippen LogP contribution < -0.4 is 0 Å². The van der Waals surface area contributed by atoms with Crippen LogP contribution in [0.2, 0.25) is 10.0 Å². The first-order chi connectivity index (χ1) is 10.7. The van der Waals surface area contributed by atoms with Gasteiger partial charge in [0, 0.05) is 33.8 Å². The second kappa shape index (κ2) is 7.23. The van der Waals surface area contributed by atoms with Crippen LogP contribution >= 0.6 is 35.0 Å². The summed E-state index contributed by atoms with van der Waals surface area (Å²) in [6.07, 6.45) is 6.53. The topological polar surface area (TPSA) is 17.8 Å². The van der Waals surface area contributed by atoms with Gasteiger partial charge in [-0.05, 0) is 42.0 Å². The molecule has 0 bridgehead atoms. The third-order valence-electron chi connectivity index (χ3n) is 3.27. The van der Waals surface area contributed by atoms with E-state index in [1.54, 1.807) is 18.0 Å². The van der Waals surface area contributed by atoms with E-state index in [1.165, 1.54) is 10.5 Å². The fourth-order valence-electron chi connectivity index (χ4n) is 2.14. The van der Waals surface area contributed by atoms with E-state index in [0.717, 1.165) is 16.5 Å². The zero-order valence-electron chi connectivity index (χ0n) is 11.7. The Kier molecular flexibility index (Phi) is 5.08. The van der Waals surface area contributed by atoms with Crippen molar-refractivity contribution in [3.63, 3.8) is 0 Å². The van der Waals surface area contributed by atoms with Gasteiger partial charge >= 0.3 is 0 Å². The van der Waals surface area contributed by atoms with Crippen molar-refractivity contribution < 1.29 is 0 Å². The second-order valence-corrected chi connectivity index (χ2v) is 6.99. The molecule has 0 amide bonds. The predicted octanol–water partition coefficient (Wildman–Crippen LogP) is 5.72. The highest BCUT2D eigenvalue weighted by molar-refractivity contribution is 7.99. The van der Waals surface area contributed by atoms with E-state index < -0.39 is 0 Å². The Balaban J connectivity index is 1.81. The van der Waals surface area contributed by atoms with Crippen LogP contribution in [0.3, 0.4) is 0 Å². The number of hydrogen-bond acceptors (Lipinski definition) is 2. The van der Waals surface area contributed by atoms with Crippen molar-refractivity contribution in [1.29, 1.82) is 0 Å². The van der Waals surface area contributed by atoms with Crippen molar-refractivity contribution in [2.75, 3.05) is 0 Å². The molecule has 0 fully saturated rings. The molecule has 0 aliphatic rings. The molecule has 2 aromatic carbocycles. The molecular formula is C17H14Cl2N2S. The smallest absolute Gasteiger partial charge is 0.0955 e. The summed E-state index contributed by atoms with van der Waals surface area (Å²) in [6, 6.07) is 15.9. The molecule has 3 aromatic rings. The molecule has 0 spiro atoms. The molecule has 2 nitrogen and oxygen atoms in total. The Bertz CT molecular complexity index is 662. The number of rotatable bonds is 5. The van der Waals surface area contributed by atoms with E-state index in [4.69, 9.17) is 23.2 Å². The zero-order valence-corrected chi connectivity index (χ0v) is 14.0. The van der Waals surface area contributed by atoms with Crippen LogP contribution in [0, 0.1) is 0 Å². The summed E-state index contributed by atoms with van der Waals surface area (Å²) in [5, 5.41) is 1.74. The number of benzene rings is 2. The van der Waals surface area contributed by atoms with E-state index in [9.17, 15) is 0 Å². The van der Waals surface area contributed by atoms with Gasteiger partial charge in [0.1, 0.15) is 0 Å². The van der Waals surface area contributed by atoms with Gasteiger partial charge in [-0.1, -0.05) is 35.3 Å². The highest BCUT2D eigenvalue weighted by Crippen LogP contribution is 2.34. The molecule has 0 N–H and O–H groups in total. The van der Waals surface area contributed by atoms with Crippen molar-refractivity contribution in [2.24, 2.45) is 0 Å². The minimum Gasteiger partial charge on any atom is -0.324 e. The van der Waals surface area contributed by atoms with Crippen molar-refractivity contribution >= 4 is 35.0 Å². The molecule has 0 aliphatic heterocycles. The Morgan fingerprint density at radius 3 is 2.18 bits per heavy atom. The molecule has 0 radical (unpaired) electrons. The van der Waals surface area contributed by atoms with Crippen LogP contribution in [0.1, 0.15) is 10.9 Å². The van der Waals surface area contributed by atoms with Crippen molar-refractivity contribution in [3.05, 3.63) is 82.9 Å². The average Bonchev–Trinajstić information content (AvgIpc) is 3.05. The average molecular weight is 349 g/mol. The van der Waals surface area contributed by atoms with Crippen LogP contribution in [-0.4, -0.2) is 9.55 Å². The molecule has 5 heteroatoms. The molecule has 0 saturated heterocycles. The van der Waals surface area contributed by atoms with Crippen molar-refractivity contribution in [1.82, 2.24) is 9.55 Å². The van der Waals surface area contributed by atoms with E-state index in [1.807, 2.05) is 48.9 Å². The van der Waals surface area contributed by atoms with Crippen molar-refractivity contribution in [2.45, 2.75) is 16.7 Å². The minimum absolute atomic E-state index is 0.227. The lowest BCUT2D eigenvalue weighted by atomic mass is 10.1. The van der Waals surface area contributed by atoms with Gasteiger partial charge in [0.2, 0.25) is 0 Å². The van der Waals surface area contributed by atoms with Gasteiger partial charge in [-0.25, -0.2) is 4.98 Å². The molecule has 0 saturated carbocycles. The van der Waals surface area contributed by atoms with Gasteiger partial charge in [0.25, 0.3) is 0 Å². The summed E-state index contributed by atoms with van der Waals surface area (Å²) >= 11 is 13.7. The summed E-state index contributed by atoms with van der Waals surface area (Å²) in [5.74, 6) is 0. The fraction of sp³-hybridized carbons (Fsp3) is 0.118. The number of halogens is 2. The van der Waals surface area contributed by atoms with Gasteiger partial charge in [0.15, 0.2) is 0 Å². The maximum absolute atomic E-state index is 5.96. The van der Waals surface area contributed by atoms with Crippen LogP contribution in [0.4, 0.5) is 0 Å². The number of thioether (sulfide) groups is 1. The maximum Gasteiger partial charge on any atom is 0.0955 e. The van der Waals surface area contributed by atoms with Crippen LogP contribution in [0.25, 0.3) is 0 Å². The number of aromatic nitrogens is 2. The normalized spacial score (nSPS) is 12.3. The molecule has 1 atom stereocenters. The van der Waals surface area contributed by atoms with Gasteiger partial charge in [-0.3, -0.25) is 0 Å².